The summed E-state index contributed by atoms with van der Waals surface area (Å²) in [6, 6.07) is 0. The molecular formula is C6H16O6S2Si. The Bertz CT molecular complexity index is 255. The predicted octanol–water partition coefficient (Wildman–Crippen LogP) is 0.0275. The summed E-state index contributed by atoms with van der Waals surface area (Å²) in [5, 5.41) is 0. The average Bonchev–Trinajstić information content (AvgIpc) is 2.21. The van der Waals surface area contributed by atoms with Gasteiger partial charge in [0, 0.05) is 21.3 Å². The molecule has 0 amide bonds. The van der Waals surface area contributed by atoms with E-state index >= 15 is 0 Å². The van der Waals surface area contributed by atoms with Gasteiger partial charge in [0.1, 0.15) is 0 Å². The van der Waals surface area contributed by atoms with E-state index in [-0.39, 0.29) is 6.61 Å². The van der Waals surface area contributed by atoms with Crippen LogP contribution in [0.1, 0.15) is 6.42 Å². The van der Waals surface area contributed by atoms with Gasteiger partial charge in [0.25, 0.3) is 0 Å². The van der Waals surface area contributed by atoms with Crippen molar-refractivity contribution in [2.75, 3.05) is 33.7 Å². The van der Waals surface area contributed by atoms with E-state index < -0.39 is 17.5 Å². The smallest absolute Gasteiger partial charge is 0.364 e. The summed E-state index contributed by atoms with van der Waals surface area (Å²) in [6.45, 7) is 0.0384. The molecule has 0 aromatic carbocycles. The highest BCUT2D eigenvalue weighted by atomic mass is 32.4. The molecule has 0 aliphatic heterocycles. The molecule has 0 saturated heterocycles. The van der Waals surface area contributed by atoms with Crippen LogP contribution in [0.15, 0.2) is 0 Å². The van der Waals surface area contributed by atoms with Crippen LogP contribution in [0.4, 0.5) is 0 Å². The van der Waals surface area contributed by atoms with Crippen molar-refractivity contribution in [3.05, 3.63) is 0 Å². The van der Waals surface area contributed by atoms with Gasteiger partial charge in [0.05, 0.1) is 6.61 Å². The Balaban J connectivity index is 4.65. The summed E-state index contributed by atoms with van der Waals surface area (Å²) in [4.78, 5) is 0. The lowest BCUT2D eigenvalue weighted by molar-refractivity contribution is 0.140. The second-order valence-electron chi connectivity index (χ2n) is 2.47. The molecule has 0 aliphatic carbocycles. The summed E-state index contributed by atoms with van der Waals surface area (Å²) in [5.74, 6) is 0.539. The van der Waals surface area contributed by atoms with Crippen molar-refractivity contribution in [3.8, 4) is 0 Å². The van der Waals surface area contributed by atoms with Crippen LogP contribution in [0.2, 0.25) is 0 Å². The molecule has 0 rings (SSSR count). The van der Waals surface area contributed by atoms with Crippen molar-refractivity contribution < 1.29 is 25.9 Å². The van der Waals surface area contributed by atoms with Crippen LogP contribution >= 0.6 is 12.6 Å². The van der Waals surface area contributed by atoms with Gasteiger partial charge in [-0.25, -0.2) is 0 Å². The lowest BCUT2D eigenvalue weighted by Crippen LogP contribution is -2.52. The molecule has 0 saturated carbocycles. The van der Waals surface area contributed by atoms with E-state index in [1.54, 1.807) is 0 Å². The van der Waals surface area contributed by atoms with Crippen LogP contribution in [0.3, 0.4) is 0 Å². The fraction of sp³-hybridized carbons (Fsp3) is 1.00. The monoisotopic (exact) mass is 276 g/mol. The summed E-state index contributed by atoms with van der Waals surface area (Å²) in [6.07, 6.45) is 0.518. The lowest BCUT2D eigenvalue weighted by atomic mass is 10.5. The number of hydrogen-bond donors (Lipinski definition) is 1. The zero-order valence-corrected chi connectivity index (χ0v) is 11.6. The first-order valence-electron chi connectivity index (χ1n) is 4.15. The third kappa shape index (κ3) is 3.70. The molecule has 0 unspecified atom stereocenters. The molecule has 0 aromatic rings. The molecule has 0 N–H and O–H groups in total. The largest absolute Gasteiger partial charge is 0.666 e. The molecule has 0 bridgehead atoms. The SMILES string of the molecule is CO[Si](OC)(OC)S(=O)(=O)OCCCS. The normalized spacial score (nSPS) is 13.1. The van der Waals surface area contributed by atoms with E-state index in [1.807, 2.05) is 0 Å². The maximum Gasteiger partial charge on any atom is 0.666 e. The molecular weight excluding hydrogens is 260 g/mol. The Morgan fingerprint density at radius 1 is 1.13 bits per heavy atom. The van der Waals surface area contributed by atoms with Gasteiger partial charge in [-0.1, -0.05) is 0 Å². The second kappa shape index (κ2) is 6.84. The Morgan fingerprint density at radius 2 is 1.60 bits per heavy atom. The third-order valence-corrected chi connectivity index (χ3v) is 8.19. The predicted molar refractivity (Wildman–Crippen MR) is 60.1 cm³/mol. The number of rotatable bonds is 8. The number of hydrogen-bond acceptors (Lipinski definition) is 7. The van der Waals surface area contributed by atoms with Gasteiger partial charge in [0.2, 0.25) is 0 Å². The van der Waals surface area contributed by atoms with Crippen molar-refractivity contribution in [2.45, 2.75) is 6.42 Å². The van der Waals surface area contributed by atoms with Gasteiger partial charge in [-0.15, -0.1) is 0 Å². The molecule has 0 fully saturated rings. The Hall–Kier alpha value is 0.357. The minimum absolute atomic E-state index is 0.0384. The molecule has 0 heterocycles. The average molecular weight is 276 g/mol. The fourth-order valence-corrected chi connectivity index (χ4v) is 5.10. The Kier molecular flexibility index (Phi) is 7.00. The Labute approximate surface area is 96.4 Å². The van der Waals surface area contributed by atoms with Crippen molar-refractivity contribution in [1.82, 2.24) is 0 Å². The summed E-state index contributed by atoms with van der Waals surface area (Å²) in [7, 11) is -4.12. The molecule has 92 valence electrons. The van der Waals surface area contributed by atoms with E-state index in [0.717, 1.165) is 0 Å². The van der Waals surface area contributed by atoms with Crippen LogP contribution in [0.5, 0.6) is 0 Å². The highest BCUT2D eigenvalue weighted by Crippen LogP contribution is 2.17. The molecule has 9 heteroatoms. The van der Waals surface area contributed by atoms with Gasteiger partial charge < -0.3 is 13.3 Å². The second-order valence-corrected chi connectivity index (χ2v) is 9.28. The van der Waals surface area contributed by atoms with Gasteiger partial charge in [-0.2, -0.15) is 21.0 Å². The van der Waals surface area contributed by atoms with Crippen LogP contribution in [-0.2, 0) is 27.0 Å². The first kappa shape index (κ1) is 15.4. The van der Waals surface area contributed by atoms with Gasteiger partial charge in [0.15, 0.2) is 0 Å². The van der Waals surface area contributed by atoms with E-state index in [2.05, 4.69) is 12.6 Å². The third-order valence-electron chi connectivity index (χ3n) is 1.60. The maximum atomic E-state index is 11.7. The molecule has 6 nitrogen and oxygen atoms in total. The Morgan fingerprint density at radius 3 is 1.93 bits per heavy atom. The summed E-state index contributed by atoms with van der Waals surface area (Å²) < 4.78 is 42.4. The minimum Gasteiger partial charge on any atom is -0.364 e. The molecule has 0 aromatic heterocycles. The maximum absolute atomic E-state index is 11.7. The molecule has 0 radical (unpaired) electrons. The number of thiol groups is 1. The standard InChI is InChI=1S/C6H16O6S2Si/c1-9-15(10-2,11-3)14(7,8)12-5-4-6-13/h13H,4-6H2,1-3H3. The van der Waals surface area contributed by atoms with Crippen LogP contribution in [0.25, 0.3) is 0 Å². The van der Waals surface area contributed by atoms with Crippen molar-refractivity contribution in [3.63, 3.8) is 0 Å². The van der Waals surface area contributed by atoms with Gasteiger partial charge in [-0.05, 0) is 12.2 Å². The first-order chi connectivity index (χ1) is 6.99. The summed E-state index contributed by atoms with van der Waals surface area (Å²) >= 11 is 3.93. The van der Waals surface area contributed by atoms with E-state index in [1.165, 1.54) is 21.3 Å². The quantitative estimate of drug-likeness (QED) is 0.383. The zero-order chi connectivity index (χ0) is 11.9. The van der Waals surface area contributed by atoms with Gasteiger partial charge in [-0.3, -0.25) is 4.18 Å². The highest BCUT2D eigenvalue weighted by Gasteiger charge is 2.56. The molecule has 0 aliphatic rings. The van der Waals surface area contributed by atoms with E-state index in [0.29, 0.717) is 12.2 Å². The fourth-order valence-electron chi connectivity index (χ4n) is 0.862. The van der Waals surface area contributed by atoms with Gasteiger partial charge >= 0.3 is 17.5 Å². The summed E-state index contributed by atoms with van der Waals surface area (Å²) in [5.41, 5.74) is 0. The lowest BCUT2D eigenvalue weighted by Gasteiger charge is -2.22. The van der Waals surface area contributed by atoms with E-state index in [9.17, 15) is 8.42 Å². The van der Waals surface area contributed by atoms with Crippen LogP contribution < -0.4 is 0 Å². The van der Waals surface area contributed by atoms with E-state index in [4.69, 9.17) is 17.5 Å². The van der Waals surface area contributed by atoms with Crippen molar-refractivity contribution in [1.29, 1.82) is 0 Å². The molecule has 0 spiro atoms. The minimum atomic E-state index is -3.97. The molecule has 0 atom stereocenters. The zero-order valence-electron chi connectivity index (χ0n) is 8.93. The first-order valence-corrected chi connectivity index (χ1v) is 8.64. The van der Waals surface area contributed by atoms with Crippen LogP contribution in [0, 0.1) is 0 Å². The van der Waals surface area contributed by atoms with Crippen molar-refractivity contribution in [2.24, 2.45) is 0 Å². The topological polar surface area (TPSA) is 71.1 Å². The van der Waals surface area contributed by atoms with Crippen molar-refractivity contribution >= 4 is 30.2 Å². The highest BCUT2D eigenvalue weighted by molar-refractivity contribution is 8.16. The molecule has 15 heavy (non-hydrogen) atoms. The van der Waals surface area contributed by atoms with Crippen LogP contribution in [-0.4, -0.2) is 50.1 Å².